The minimum atomic E-state index is -0.681. The van der Waals surface area contributed by atoms with Crippen LogP contribution in [0, 0.1) is 0 Å². The number of halogens is 1. The van der Waals surface area contributed by atoms with Gasteiger partial charge in [0.05, 0.1) is 17.9 Å². The average molecular weight is 496 g/mol. The van der Waals surface area contributed by atoms with Crippen molar-refractivity contribution in [3.8, 4) is 0 Å². The Balaban J connectivity index is 1.51. The fraction of sp³-hybridized carbons (Fsp3) is 0.308. The highest BCUT2D eigenvalue weighted by atomic mass is 35.5. The van der Waals surface area contributed by atoms with Gasteiger partial charge in [0.25, 0.3) is 17.7 Å². The van der Waals surface area contributed by atoms with Gasteiger partial charge in [-0.25, -0.2) is 9.69 Å². The number of rotatable bonds is 6. The summed E-state index contributed by atoms with van der Waals surface area (Å²) >= 11 is 6.24. The van der Waals surface area contributed by atoms with E-state index in [4.69, 9.17) is 16.3 Å². The van der Waals surface area contributed by atoms with E-state index in [0.717, 1.165) is 43.7 Å². The Labute approximate surface area is 208 Å². The normalized spacial score (nSPS) is 16.4. The third kappa shape index (κ3) is 5.22. The Bertz CT molecular complexity index is 1180. The molecule has 2 heterocycles. The van der Waals surface area contributed by atoms with Gasteiger partial charge in [0, 0.05) is 24.3 Å². The average Bonchev–Trinajstić information content (AvgIpc) is 3.06. The molecule has 2 aromatic rings. The van der Waals surface area contributed by atoms with Crippen LogP contribution in [-0.2, 0) is 14.3 Å². The smallest absolute Gasteiger partial charge is 0.338 e. The molecule has 35 heavy (non-hydrogen) atoms. The topological polar surface area (TPSA) is 96.0 Å². The Morgan fingerprint density at radius 3 is 2.29 bits per heavy atom. The van der Waals surface area contributed by atoms with E-state index >= 15 is 0 Å². The van der Waals surface area contributed by atoms with Gasteiger partial charge in [0.15, 0.2) is 0 Å². The molecule has 2 aromatic carbocycles. The molecule has 0 radical (unpaired) electrons. The van der Waals surface area contributed by atoms with Gasteiger partial charge in [0.2, 0.25) is 0 Å². The maximum Gasteiger partial charge on any atom is 0.338 e. The number of amides is 3. The van der Waals surface area contributed by atoms with E-state index in [1.807, 2.05) is 4.90 Å². The summed E-state index contributed by atoms with van der Waals surface area (Å²) in [4.78, 5) is 53.5. The Morgan fingerprint density at radius 2 is 1.63 bits per heavy atom. The van der Waals surface area contributed by atoms with E-state index in [1.54, 1.807) is 31.2 Å². The van der Waals surface area contributed by atoms with E-state index in [-0.39, 0.29) is 28.9 Å². The van der Waals surface area contributed by atoms with Crippen LogP contribution < -0.4 is 10.2 Å². The van der Waals surface area contributed by atoms with Crippen molar-refractivity contribution in [3.05, 3.63) is 70.4 Å². The summed E-state index contributed by atoms with van der Waals surface area (Å²) in [6.45, 7) is 3.40. The first-order chi connectivity index (χ1) is 16.9. The van der Waals surface area contributed by atoms with Gasteiger partial charge in [-0.15, -0.1) is 0 Å². The maximum absolute atomic E-state index is 13.1. The first-order valence-electron chi connectivity index (χ1n) is 11.6. The Kier molecular flexibility index (Phi) is 7.51. The number of nitrogens with one attached hydrogen (secondary N) is 1. The summed E-state index contributed by atoms with van der Waals surface area (Å²) in [6, 6.07) is 12.7. The molecule has 0 unspecified atom stereocenters. The Morgan fingerprint density at radius 1 is 0.943 bits per heavy atom. The zero-order valence-corrected chi connectivity index (χ0v) is 20.1. The number of anilines is 2. The van der Waals surface area contributed by atoms with Gasteiger partial charge in [-0.05, 0) is 62.2 Å². The molecule has 0 aromatic heterocycles. The summed E-state index contributed by atoms with van der Waals surface area (Å²) in [7, 11) is 0. The van der Waals surface area contributed by atoms with Crippen LogP contribution in [0.2, 0.25) is 0 Å². The first kappa shape index (κ1) is 24.5. The van der Waals surface area contributed by atoms with Gasteiger partial charge in [-0.2, -0.15) is 0 Å². The molecule has 1 fully saturated rings. The number of nitrogens with zero attached hydrogens (tertiary/aromatic N) is 2. The van der Waals surface area contributed by atoms with Crippen molar-refractivity contribution in [1.82, 2.24) is 4.90 Å². The summed E-state index contributed by atoms with van der Waals surface area (Å²) in [5, 5.41) is 2.66. The number of likely N-dealkylation sites (tertiary alicyclic amines) is 1. The van der Waals surface area contributed by atoms with Gasteiger partial charge in [-0.3, -0.25) is 14.4 Å². The van der Waals surface area contributed by atoms with Gasteiger partial charge in [-0.1, -0.05) is 30.5 Å². The molecule has 4 rings (SSSR count). The molecule has 1 N–H and O–H groups in total. The van der Waals surface area contributed by atoms with Crippen LogP contribution in [0.5, 0.6) is 0 Å². The van der Waals surface area contributed by atoms with E-state index in [9.17, 15) is 19.2 Å². The quantitative estimate of drug-likeness (QED) is 0.473. The molecule has 0 aliphatic carbocycles. The monoisotopic (exact) mass is 495 g/mol. The largest absolute Gasteiger partial charge is 0.462 e. The molecule has 0 saturated carbocycles. The summed E-state index contributed by atoms with van der Waals surface area (Å²) in [6.07, 6.45) is 4.21. The first-order valence-corrected chi connectivity index (χ1v) is 12.0. The molecule has 0 spiro atoms. The second kappa shape index (κ2) is 10.7. The van der Waals surface area contributed by atoms with Crippen LogP contribution in [0.15, 0.2) is 59.3 Å². The van der Waals surface area contributed by atoms with E-state index in [1.165, 1.54) is 24.3 Å². The number of esters is 1. The molecule has 1 saturated heterocycles. The Hall–Kier alpha value is -3.65. The van der Waals surface area contributed by atoms with Crippen LogP contribution in [0.1, 0.15) is 53.3 Å². The van der Waals surface area contributed by atoms with Crippen LogP contribution >= 0.6 is 11.6 Å². The molecular formula is C26H26ClN3O5. The third-order valence-corrected chi connectivity index (χ3v) is 6.29. The molecule has 2 aliphatic rings. The van der Waals surface area contributed by atoms with Crippen molar-refractivity contribution in [2.45, 2.75) is 32.6 Å². The van der Waals surface area contributed by atoms with Crippen molar-refractivity contribution in [3.63, 3.8) is 0 Å². The standard InChI is InChI=1S/C26H26ClN3O5/c1-2-35-26(34)17-10-12-20(13-11-17)30-24(32)21(27)22(25(30)33)28-19-9-7-8-18(16-19)23(31)29-14-5-3-4-6-15-29/h7-13,16,28H,2-6,14-15H2,1H3. The molecular weight excluding hydrogens is 470 g/mol. The molecule has 0 atom stereocenters. The fourth-order valence-corrected chi connectivity index (χ4v) is 4.35. The van der Waals surface area contributed by atoms with Crippen molar-refractivity contribution in [2.75, 3.05) is 29.9 Å². The van der Waals surface area contributed by atoms with Crippen molar-refractivity contribution in [2.24, 2.45) is 0 Å². The number of hydrogen-bond donors (Lipinski definition) is 1. The number of carbonyl (C=O) groups is 4. The number of ether oxygens (including phenoxy) is 1. The highest BCUT2D eigenvalue weighted by Crippen LogP contribution is 2.30. The van der Waals surface area contributed by atoms with Crippen molar-refractivity contribution in [1.29, 1.82) is 0 Å². The van der Waals surface area contributed by atoms with Crippen LogP contribution in [0.3, 0.4) is 0 Å². The maximum atomic E-state index is 13.1. The molecule has 8 nitrogen and oxygen atoms in total. The fourth-order valence-electron chi connectivity index (χ4n) is 4.14. The second-order valence-electron chi connectivity index (χ2n) is 8.31. The lowest BCUT2D eigenvalue weighted by molar-refractivity contribution is -0.120. The summed E-state index contributed by atoms with van der Waals surface area (Å²) in [5.41, 5.74) is 1.47. The van der Waals surface area contributed by atoms with E-state index in [0.29, 0.717) is 16.8 Å². The number of benzene rings is 2. The summed E-state index contributed by atoms with van der Waals surface area (Å²) < 4.78 is 4.95. The predicted molar refractivity (Wildman–Crippen MR) is 132 cm³/mol. The molecule has 182 valence electrons. The van der Waals surface area contributed by atoms with Crippen LogP contribution in [0.25, 0.3) is 0 Å². The lowest BCUT2D eigenvalue weighted by Crippen LogP contribution is -2.32. The zero-order chi connectivity index (χ0) is 24.9. The lowest BCUT2D eigenvalue weighted by atomic mass is 10.1. The van der Waals surface area contributed by atoms with Gasteiger partial charge >= 0.3 is 5.97 Å². The minimum Gasteiger partial charge on any atom is -0.462 e. The molecule has 9 heteroatoms. The molecule has 0 bridgehead atoms. The van der Waals surface area contributed by atoms with Gasteiger partial charge < -0.3 is 15.0 Å². The molecule has 3 amide bonds. The SMILES string of the molecule is CCOC(=O)c1ccc(N2C(=O)C(Cl)=C(Nc3cccc(C(=O)N4CCCCCC4)c3)C2=O)cc1. The third-order valence-electron chi connectivity index (χ3n) is 5.94. The number of carbonyl (C=O) groups excluding carboxylic acids is 4. The van der Waals surface area contributed by atoms with Crippen molar-refractivity contribution < 1.29 is 23.9 Å². The van der Waals surface area contributed by atoms with Crippen LogP contribution in [0.4, 0.5) is 11.4 Å². The lowest BCUT2D eigenvalue weighted by Gasteiger charge is -2.20. The number of hydrogen-bond acceptors (Lipinski definition) is 6. The number of imide groups is 1. The second-order valence-corrected chi connectivity index (χ2v) is 8.69. The zero-order valence-electron chi connectivity index (χ0n) is 19.4. The van der Waals surface area contributed by atoms with Crippen LogP contribution in [-0.4, -0.2) is 48.3 Å². The van der Waals surface area contributed by atoms with E-state index < -0.39 is 17.8 Å². The highest BCUT2D eigenvalue weighted by molar-refractivity contribution is 6.53. The molecule has 2 aliphatic heterocycles. The predicted octanol–water partition coefficient (Wildman–Crippen LogP) is 4.32. The highest BCUT2D eigenvalue weighted by Gasteiger charge is 2.39. The minimum absolute atomic E-state index is 0.0623. The van der Waals surface area contributed by atoms with Crippen molar-refractivity contribution >= 4 is 46.7 Å². The summed E-state index contributed by atoms with van der Waals surface area (Å²) in [5.74, 6) is -1.87. The van der Waals surface area contributed by atoms with Gasteiger partial charge in [0.1, 0.15) is 10.7 Å². The van der Waals surface area contributed by atoms with E-state index in [2.05, 4.69) is 5.32 Å².